The Labute approximate surface area is 239 Å². The van der Waals surface area contributed by atoms with E-state index in [4.69, 9.17) is 38.3 Å². The molecule has 0 aliphatic heterocycles. The molecule has 0 saturated heterocycles. The summed E-state index contributed by atoms with van der Waals surface area (Å²) in [6.07, 6.45) is 0. The number of aliphatic hydroxyl groups is 1. The molecular weight excluding hydrogens is 528 g/mol. The standard InChI is InChI=1S/C32H34O9/c33-17-18-35-27-11-3-4-12-28(27)38-21-22-39-31-15-7-8-16-32(31)41-24-23-40-30-14-6-5-13-29(30)37-20-19-36-26-10-2-1-9-25(26)34/h1-16,33-34H,17-24H2. The molecule has 0 amide bonds. The van der Waals surface area contributed by atoms with Crippen molar-refractivity contribution in [1.82, 2.24) is 0 Å². The Morgan fingerprint density at radius 3 is 0.878 bits per heavy atom. The first-order valence-electron chi connectivity index (χ1n) is 13.3. The molecule has 0 radical (unpaired) electrons. The average Bonchev–Trinajstić information content (AvgIpc) is 3.01. The highest BCUT2D eigenvalue weighted by Crippen LogP contribution is 2.29. The molecular formula is C32H34O9. The van der Waals surface area contributed by atoms with Crippen molar-refractivity contribution >= 4 is 0 Å². The van der Waals surface area contributed by atoms with Crippen molar-refractivity contribution < 1.29 is 43.4 Å². The zero-order chi connectivity index (χ0) is 28.5. The van der Waals surface area contributed by atoms with Crippen molar-refractivity contribution in [2.24, 2.45) is 0 Å². The van der Waals surface area contributed by atoms with Crippen molar-refractivity contribution in [2.45, 2.75) is 0 Å². The molecule has 0 bridgehead atoms. The fourth-order valence-corrected chi connectivity index (χ4v) is 3.71. The number of aliphatic hydroxyl groups excluding tert-OH is 1. The van der Waals surface area contributed by atoms with Crippen LogP contribution in [-0.2, 0) is 0 Å². The lowest BCUT2D eigenvalue weighted by atomic mass is 10.3. The van der Waals surface area contributed by atoms with E-state index in [1.807, 2.05) is 60.7 Å². The van der Waals surface area contributed by atoms with Crippen molar-refractivity contribution in [2.75, 3.05) is 52.9 Å². The van der Waals surface area contributed by atoms with E-state index in [0.29, 0.717) is 53.5 Å². The first-order valence-corrected chi connectivity index (χ1v) is 13.3. The van der Waals surface area contributed by atoms with Gasteiger partial charge in [-0.1, -0.05) is 48.5 Å². The number of benzene rings is 4. The van der Waals surface area contributed by atoms with Crippen LogP contribution in [0.1, 0.15) is 0 Å². The molecule has 0 aromatic heterocycles. The topological polar surface area (TPSA) is 105 Å². The molecule has 9 heteroatoms. The third-order valence-electron chi connectivity index (χ3n) is 5.56. The summed E-state index contributed by atoms with van der Waals surface area (Å²) in [5, 5.41) is 18.8. The van der Waals surface area contributed by atoms with Crippen LogP contribution in [0.5, 0.6) is 46.0 Å². The van der Waals surface area contributed by atoms with E-state index in [0.717, 1.165) is 0 Å². The molecule has 2 N–H and O–H groups in total. The second-order valence-corrected chi connectivity index (χ2v) is 8.47. The molecule has 0 heterocycles. The van der Waals surface area contributed by atoms with Crippen LogP contribution < -0.4 is 33.2 Å². The van der Waals surface area contributed by atoms with Gasteiger partial charge in [-0.3, -0.25) is 0 Å². The molecule has 4 aromatic rings. The zero-order valence-electron chi connectivity index (χ0n) is 22.6. The predicted octanol–water partition coefficient (Wildman–Crippen LogP) is 5.14. The van der Waals surface area contributed by atoms with Crippen molar-refractivity contribution in [3.63, 3.8) is 0 Å². The molecule has 0 atom stereocenters. The number of para-hydroxylation sites is 8. The maximum Gasteiger partial charge on any atom is 0.161 e. The van der Waals surface area contributed by atoms with Gasteiger partial charge in [0.1, 0.15) is 46.2 Å². The number of ether oxygens (including phenoxy) is 7. The smallest absolute Gasteiger partial charge is 0.161 e. The molecule has 41 heavy (non-hydrogen) atoms. The Balaban J connectivity index is 1.19. The molecule has 4 aromatic carbocycles. The quantitative estimate of drug-likeness (QED) is 0.160. The minimum absolute atomic E-state index is 0.0725. The van der Waals surface area contributed by atoms with Crippen LogP contribution >= 0.6 is 0 Å². The van der Waals surface area contributed by atoms with E-state index >= 15 is 0 Å². The van der Waals surface area contributed by atoms with Crippen LogP contribution in [-0.4, -0.2) is 63.1 Å². The molecule has 4 rings (SSSR count). The van der Waals surface area contributed by atoms with Gasteiger partial charge in [0.2, 0.25) is 0 Å². The van der Waals surface area contributed by atoms with Gasteiger partial charge in [0, 0.05) is 0 Å². The van der Waals surface area contributed by atoms with Gasteiger partial charge in [-0.2, -0.15) is 0 Å². The molecule has 0 aliphatic rings. The van der Waals surface area contributed by atoms with Crippen molar-refractivity contribution in [3.05, 3.63) is 97.1 Å². The van der Waals surface area contributed by atoms with Crippen LogP contribution in [0.25, 0.3) is 0 Å². The van der Waals surface area contributed by atoms with E-state index in [2.05, 4.69) is 0 Å². The number of hydrogen-bond acceptors (Lipinski definition) is 9. The van der Waals surface area contributed by atoms with Crippen LogP contribution in [0.15, 0.2) is 97.1 Å². The third-order valence-corrected chi connectivity index (χ3v) is 5.56. The number of phenols is 1. The lowest BCUT2D eigenvalue weighted by Crippen LogP contribution is -2.13. The summed E-state index contributed by atoms with van der Waals surface area (Å²) in [5.41, 5.74) is 0. The second-order valence-electron chi connectivity index (χ2n) is 8.47. The zero-order valence-corrected chi connectivity index (χ0v) is 22.6. The Bertz CT molecular complexity index is 1330. The number of phenolic OH excluding ortho intramolecular Hbond substituents is 1. The largest absolute Gasteiger partial charge is 0.504 e. The van der Waals surface area contributed by atoms with Gasteiger partial charge in [0.05, 0.1) is 6.61 Å². The number of rotatable bonds is 18. The Morgan fingerprint density at radius 1 is 0.341 bits per heavy atom. The molecule has 9 nitrogen and oxygen atoms in total. The Morgan fingerprint density at radius 2 is 0.585 bits per heavy atom. The molecule has 0 fully saturated rings. The number of aromatic hydroxyl groups is 1. The first-order chi connectivity index (χ1) is 20.2. The van der Waals surface area contributed by atoms with Gasteiger partial charge in [0.15, 0.2) is 46.0 Å². The first kappa shape index (κ1) is 29.2. The van der Waals surface area contributed by atoms with E-state index in [1.54, 1.807) is 36.4 Å². The highest BCUT2D eigenvalue weighted by Gasteiger charge is 2.09. The van der Waals surface area contributed by atoms with Gasteiger partial charge in [-0.05, 0) is 48.5 Å². The van der Waals surface area contributed by atoms with Gasteiger partial charge in [-0.15, -0.1) is 0 Å². The predicted molar refractivity (Wildman–Crippen MR) is 153 cm³/mol. The van der Waals surface area contributed by atoms with Crippen LogP contribution in [0, 0.1) is 0 Å². The Kier molecular flexibility index (Phi) is 11.7. The van der Waals surface area contributed by atoms with Crippen molar-refractivity contribution in [3.8, 4) is 46.0 Å². The maximum absolute atomic E-state index is 9.80. The van der Waals surface area contributed by atoms with Gasteiger partial charge in [0.25, 0.3) is 0 Å². The van der Waals surface area contributed by atoms with Crippen LogP contribution in [0.4, 0.5) is 0 Å². The van der Waals surface area contributed by atoms with E-state index in [9.17, 15) is 5.11 Å². The molecule has 216 valence electrons. The third kappa shape index (κ3) is 9.44. The molecule has 0 spiro atoms. The summed E-state index contributed by atoms with van der Waals surface area (Å²) in [6, 6.07) is 28.8. The normalized spacial score (nSPS) is 10.5. The highest BCUT2D eigenvalue weighted by atomic mass is 16.6. The van der Waals surface area contributed by atoms with E-state index in [1.165, 1.54) is 0 Å². The summed E-state index contributed by atoms with van der Waals surface area (Å²) in [5.74, 6) is 4.00. The summed E-state index contributed by atoms with van der Waals surface area (Å²) < 4.78 is 40.4. The summed E-state index contributed by atoms with van der Waals surface area (Å²) in [4.78, 5) is 0. The summed E-state index contributed by atoms with van der Waals surface area (Å²) in [6.45, 7) is 1.83. The van der Waals surface area contributed by atoms with E-state index in [-0.39, 0.29) is 45.4 Å². The highest BCUT2D eigenvalue weighted by molar-refractivity contribution is 5.41. The van der Waals surface area contributed by atoms with Gasteiger partial charge in [-0.25, -0.2) is 0 Å². The fraction of sp³-hybridized carbons (Fsp3) is 0.250. The fourth-order valence-electron chi connectivity index (χ4n) is 3.71. The van der Waals surface area contributed by atoms with Crippen LogP contribution in [0.3, 0.4) is 0 Å². The Hall–Kier alpha value is -4.76. The minimum Gasteiger partial charge on any atom is -0.504 e. The second kappa shape index (κ2) is 16.4. The van der Waals surface area contributed by atoms with Gasteiger partial charge < -0.3 is 43.4 Å². The summed E-state index contributed by atoms with van der Waals surface area (Å²) in [7, 11) is 0. The molecule has 0 aliphatic carbocycles. The van der Waals surface area contributed by atoms with E-state index < -0.39 is 0 Å². The molecule has 0 saturated carbocycles. The lowest BCUT2D eigenvalue weighted by Gasteiger charge is -2.15. The number of hydrogen-bond donors (Lipinski definition) is 2. The van der Waals surface area contributed by atoms with Gasteiger partial charge >= 0.3 is 0 Å². The average molecular weight is 563 g/mol. The summed E-state index contributed by atoms with van der Waals surface area (Å²) >= 11 is 0. The monoisotopic (exact) mass is 562 g/mol. The molecule has 0 unspecified atom stereocenters. The van der Waals surface area contributed by atoms with Crippen molar-refractivity contribution in [1.29, 1.82) is 0 Å². The SMILES string of the molecule is OCCOc1ccccc1OCCOc1ccccc1OCCOc1ccccc1OCCOc1ccccc1O. The maximum atomic E-state index is 9.80. The lowest BCUT2D eigenvalue weighted by molar-refractivity contribution is 0.176. The van der Waals surface area contributed by atoms with Crippen LogP contribution in [0.2, 0.25) is 0 Å². The minimum atomic E-state index is -0.0725.